The summed E-state index contributed by atoms with van der Waals surface area (Å²) in [6.45, 7) is 4.38. The molecule has 12 heteroatoms. The number of aryl methyl sites for hydroxylation is 1. The minimum atomic E-state index is -0.216. The lowest BCUT2D eigenvalue weighted by Gasteiger charge is -2.23. The number of ether oxygens (including phenoxy) is 3. The largest absolute Gasteiger partial charge is 0.497 e. The first-order valence-electron chi connectivity index (χ1n) is 14.6. The van der Waals surface area contributed by atoms with Gasteiger partial charge < -0.3 is 39.2 Å². The number of carbonyl (C=O) groups is 1. The van der Waals surface area contributed by atoms with Crippen LogP contribution in [0.25, 0.3) is 11.2 Å². The van der Waals surface area contributed by atoms with Crippen LogP contribution in [0.2, 0.25) is 0 Å². The Bertz CT molecular complexity index is 1810. The molecule has 0 atom stereocenters. The highest BCUT2D eigenvalue weighted by molar-refractivity contribution is 5.89. The summed E-state index contributed by atoms with van der Waals surface area (Å²) >= 11 is 0. The number of methoxy groups -OCH3 is 1. The third-order valence-corrected chi connectivity index (χ3v) is 7.58. The van der Waals surface area contributed by atoms with Crippen molar-refractivity contribution in [2.45, 2.75) is 20.0 Å². The van der Waals surface area contributed by atoms with Gasteiger partial charge in [-0.25, -0.2) is 9.78 Å². The van der Waals surface area contributed by atoms with Crippen LogP contribution in [0.15, 0.2) is 73.1 Å². The van der Waals surface area contributed by atoms with Crippen LogP contribution < -0.4 is 29.7 Å². The van der Waals surface area contributed by atoms with Crippen LogP contribution in [0.1, 0.15) is 16.7 Å². The summed E-state index contributed by atoms with van der Waals surface area (Å²) in [6, 6.07) is 21.3. The van der Waals surface area contributed by atoms with E-state index in [-0.39, 0.29) is 12.8 Å². The number of hydrogen-bond donors (Lipinski definition) is 2. The van der Waals surface area contributed by atoms with E-state index in [2.05, 4.69) is 41.8 Å². The summed E-state index contributed by atoms with van der Waals surface area (Å²) in [5.74, 6) is 3.33. The minimum absolute atomic E-state index is 0.216. The smallest absolute Gasteiger partial charge is 0.321 e. The van der Waals surface area contributed by atoms with Gasteiger partial charge in [-0.3, -0.25) is 0 Å². The average Bonchev–Trinajstić information content (AvgIpc) is 3.69. The maximum Gasteiger partial charge on any atom is 0.321 e. The normalized spacial score (nSPS) is 11.8. The number of nitrogens with zero attached hydrogens (tertiary/aromatic N) is 6. The molecule has 232 valence electrons. The number of fused-ring (bicyclic) bond motifs is 2. The molecule has 0 unspecified atom stereocenters. The number of anilines is 3. The van der Waals surface area contributed by atoms with Crippen molar-refractivity contribution in [1.29, 1.82) is 0 Å². The molecule has 0 fully saturated rings. The number of rotatable bonds is 11. The Balaban J connectivity index is 1.20. The van der Waals surface area contributed by atoms with E-state index in [1.807, 2.05) is 34.7 Å². The van der Waals surface area contributed by atoms with Crippen LogP contribution >= 0.6 is 0 Å². The molecular weight excluding hydrogens is 572 g/mol. The number of hydrogen-bond acceptors (Lipinski definition) is 9. The van der Waals surface area contributed by atoms with E-state index in [1.165, 1.54) is 5.56 Å². The first kappa shape index (κ1) is 29.5. The van der Waals surface area contributed by atoms with Gasteiger partial charge in [-0.15, -0.1) is 0 Å². The number of aromatic nitrogens is 4. The molecule has 2 aromatic heterocycles. The first-order valence-corrected chi connectivity index (χ1v) is 14.6. The zero-order valence-corrected chi connectivity index (χ0v) is 25.8. The Morgan fingerprint density at radius 2 is 1.80 bits per heavy atom. The van der Waals surface area contributed by atoms with Gasteiger partial charge in [0.2, 0.25) is 12.7 Å². The lowest BCUT2D eigenvalue weighted by atomic mass is 10.1. The highest BCUT2D eigenvalue weighted by Crippen LogP contribution is 2.33. The van der Waals surface area contributed by atoms with Gasteiger partial charge in [0.05, 0.1) is 20.0 Å². The van der Waals surface area contributed by atoms with Crippen molar-refractivity contribution in [1.82, 2.24) is 24.4 Å². The maximum absolute atomic E-state index is 12.8. The van der Waals surface area contributed by atoms with E-state index in [0.29, 0.717) is 54.8 Å². The van der Waals surface area contributed by atoms with Gasteiger partial charge in [0, 0.05) is 39.4 Å². The number of urea groups is 1. The average molecular weight is 609 g/mol. The van der Waals surface area contributed by atoms with Crippen LogP contribution in [0.3, 0.4) is 0 Å². The molecule has 0 spiro atoms. The summed E-state index contributed by atoms with van der Waals surface area (Å²) in [4.78, 5) is 30.9. The molecule has 0 saturated carbocycles. The number of imidazole rings is 1. The Morgan fingerprint density at radius 3 is 2.60 bits per heavy atom. The SMILES string of the molecule is COc1ccc(NC(=O)N(C)CCN(C)c2nc(NCc3ccc4c(c3)OCO4)c3ncn(Cc4cccc(C)c4)c3n2)cc1. The van der Waals surface area contributed by atoms with Crippen LogP contribution in [-0.4, -0.2) is 71.5 Å². The summed E-state index contributed by atoms with van der Waals surface area (Å²) in [5.41, 5.74) is 5.45. The quantitative estimate of drug-likeness (QED) is 0.210. The standard InChI is InChI=1S/C33H36N8O4/c1-22-6-5-7-24(16-22)19-41-20-35-29-30(34-18-23-8-13-27-28(17-23)45-21-44-27)37-32(38-31(29)41)39(2)14-15-40(3)33(42)36-25-9-11-26(43-4)12-10-25/h5-13,16-17,20H,14-15,18-19,21H2,1-4H3,(H,36,42)(H,34,37,38). The predicted molar refractivity (Wildman–Crippen MR) is 173 cm³/mol. The molecule has 5 aromatic rings. The molecule has 3 aromatic carbocycles. The van der Waals surface area contributed by atoms with Gasteiger partial charge in [-0.05, 0) is 54.4 Å². The summed E-state index contributed by atoms with van der Waals surface area (Å²) < 4.78 is 18.2. The first-order chi connectivity index (χ1) is 21.9. The highest BCUT2D eigenvalue weighted by atomic mass is 16.7. The summed E-state index contributed by atoms with van der Waals surface area (Å²) in [5, 5.41) is 6.37. The van der Waals surface area contributed by atoms with Crippen molar-refractivity contribution in [2.24, 2.45) is 0 Å². The van der Waals surface area contributed by atoms with E-state index < -0.39 is 0 Å². The van der Waals surface area contributed by atoms with E-state index in [4.69, 9.17) is 29.2 Å². The van der Waals surface area contributed by atoms with Crippen LogP contribution in [0, 0.1) is 6.92 Å². The second-order valence-corrected chi connectivity index (χ2v) is 10.9. The van der Waals surface area contributed by atoms with Crippen molar-refractivity contribution in [3.05, 3.63) is 89.7 Å². The van der Waals surface area contributed by atoms with E-state index in [9.17, 15) is 4.79 Å². The van der Waals surface area contributed by atoms with Gasteiger partial charge in [0.25, 0.3) is 0 Å². The zero-order valence-electron chi connectivity index (χ0n) is 25.8. The Kier molecular flexibility index (Phi) is 8.54. The monoisotopic (exact) mass is 608 g/mol. The molecule has 12 nitrogen and oxygen atoms in total. The van der Waals surface area contributed by atoms with Crippen molar-refractivity contribution in [3.8, 4) is 17.2 Å². The van der Waals surface area contributed by atoms with Gasteiger partial charge in [0.1, 0.15) is 5.75 Å². The molecule has 0 aliphatic carbocycles. The van der Waals surface area contributed by atoms with E-state index in [1.54, 1.807) is 49.7 Å². The van der Waals surface area contributed by atoms with Gasteiger partial charge in [-0.2, -0.15) is 9.97 Å². The van der Waals surface area contributed by atoms with E-state index in [0.717, 1.165) is 28.4 Å². The molecule has 45 heavy (non-hydrogen) atoms. The summed E-state index contributed by atoms with van der Waals surface area (Å²) in [6.07, 6.45) is 1.80. The number of likely N-dealkylation sites (N-methyl/N-ethyl adjacent to an activating group) is 2. The third kappa shape index (κ3) is 6.85. The third-order valence-electron chi connectivity index (χ3n) is 7.58. The van der Waals surface area contributed by atoms with Crippen molar-refractivity contribution in [2.75, 3.05) is 56.6 Å². The fraction of sp³-hybridized carbons (Fsp3) is 0.273. The number of benzene rings is 3. The van der Waals surface area contributed by atoms with Crippen LogP contribution in [0.4, 0.5) is 22.2 Å². The summed E-state index contributed by atoms with van der Waals surface area (Å²) in [7, 11) is 5.28. The molecule has 0 bridgehead atoms. The second kappa shape index (κ2) is 13.0. The molecule has 2 N–H and O–H groups in total. The maximum atomic E-state index is 12.8. The van der Waals surface area contributed by atoms with Crippen molar-refractivity contribution < 1.29 is 19.0 Å². The fourth-order valence-corrected chi connectivity index (χ4v) is 4.98. The highest BCUT2D eigenvalue weighted by Gasteiger charge is 2.18. The Hall–Kier alpha value is -5.52. The Morgan fingerprint density at radius 1 is 0.978 bits per heavy atom. The molecule has 1 aliphatic heterocycles. The second-order valence-electron chi connectivity index (χ2n) is 10.9. The van der Waals surface area contributed by atoms with Crippen molar-refractivity contribution in [3.63, 3.8) is 0 Å². The number of amides is 2. The molecule has 2 amide bonds. The fourth-order valence-electron chi connectivity index (χ4n) is 4.98. The van der Waals surface area contributed by atoms with Gasteiger partial charge in [-0.1, -0.05) is 35.9 Å². The molecular formula is C33H36N8O4. The minimum Gasteiger partial charge on any atom is -0.497 e. The van der Waals surface area contributed by atoms with Gasteiger partial charge in [0.15, 0.2) is 28.5 Å². The zero-order chi connectivity index (χ0) is 31.3. The lowest BCUT2D eigenvalue weighted by Crippen LogP contribution is -2.37. The number of carbonyl (C=O) groups excluding carboxylic acids is 1. The van der Waals surface area contributed by atoms with Crippen molar-refractivity contribution >= 4 is 34.6 Å². The van der Waals surface area contributed by atoms with Crippen LogP contribution in [-0.2, 0) is 13.1 Å². The molecule has 0 radical (unpaired) electrons. The number of nitrogens with one attached hydrogen (secondary N) is 2. The van der Waals surface area contributed by atoms with Gasteiger partial charge >= 0.3 is 6.03 Å². The van der Waals surface area contributed by atoms with E-state index >= 15 is 0 Å². The molecule has 3 heterocycles. The predicted octanol–water partition coefficient (Wildman–Crippen LogP) is 5.13. The topological polar surface area (TPSA) is 119 Å². The molecule has 0 saturated heterocycles. The molecule has 1 aliphatic rings. The lowest BCUT2D eigenvalue weighted by molar-refractivity contribution is 0.174. The molecule has 6 rings (SSSR count). The van der Waals surface area contributed by atoms with Crippen LogP contribution in [0.5, 0.6) is 17.2 Å². The Labute approximate surface area is 261 Å².